The monoisotopic (exact) mass is 396 g/mol. The quantitative estimate of drug-likeness (QED) is 0.841. The summed E-state index contributed by atoms with van der Waals surface area (Å²) in [5, 5.41) is 12.9. The molecule has 1 heterocycles. The van der Waals surface area contributed by atoms with Gasteiger partial charge in [-0.1, -0.05) is 29.8 Å². The number of nitrogens with zero attached hydrogens (tertiary/aromatic N) is 3. The van der Waals surface area contributed by atoms with Crippen LogP contribution < -0.4 is 5.32 Å². The van der Waals surface area contributed by atoms with Gasteiger partial charge in [0.1, 0.15) is 6.54 Å². The first-order valence-electron chi connectivity index (χ1n) is 9.09. The van der Waals surface area contributed by atoms with E-state index < -0.39 is 0 Å². The van der Waals surface area contributed by atoms with Gasteiger partial charge in [-0.15, -0.1) is 0 Å². The van der Waals surface area contributed by atoms with Gasteiger partial charge in [0.15, 0.2) is 0 Å². The summed E-state index contributed by atoms with van der Waals surface area (Å²) in [6.07, 6.45) is 0. The largest absolute Gasteiger partial charge is 0.339 e. The topological polar surface area (TPSA) is 76.4 Å². The second-order valence-corrected chi connectivity index (χ2v) is 7.05. The number of amides is 2. The Morgan fingerprint density at radius 1 is 1.14 bits per heavy atom. The van der Waals surface area contributed by atoms with Crippen LogP contribution in [0.5, 0.6) is 0 Å². The number of hydrogen-bond donors (Lipinski definition) is 1. The van der Waals surface area contributed by atoms with Crippen LogP contribution in [0.25, 0.3) is 0 Å². The molecule has 144 valence electrons. The molecule has 6 nitrogen and oxygen atoms in total. The molecule has 0 saturated carbocycles. The lowest BCUT2D eigenvalue weighted by atomic mass is 10.1. The molecular formula is C21H21ClN4O2. The fourth-order valence-electron chi connectivity index (χ4n) is 3.14. The summed E-state index contributed by atoms with van der Waals surface area (Å²) in [6.45, 7) is 2.98. The fourth-order valence-corrected chi connectivity index (χ4v) is 3.35. The molecule has 2 aromatic rings. The number of hydrogen-bond acceptors (Lipinski definition) is 4. The van der Waals surface area contributed by atoms with Crippen LogP contribution in [-0.2, 0) is 11.3 Å². The molecule has 0 unspecified atom stereocenters. The van der Waals surface area contributed by atoms with Gasteiger partial charge in [-0.05, 0) is 35.9 Å². The predicted octanol–water partition coefficient (Wildman–Crippen LogP) is 2.29. The highest BCUT2D eigenvalue weighted by Gasteiger charge is 2.23. The molecule has 2 aromatic carbocycles. The number of benzene rings is 2. The summed E-state index contributed by atoms with van der Waals surface area (Å²) in [5.74, 6) is -0.381. The van der Waals surface area contributed by atoms with Gasteiger partial charge >= 0.3 is 0 Å². The maximum atomic E-state index is 13.1. The third kappa shape index (κ3) is 5.10. The van der Waals surface area contributed by atoms with Crippen LogP contribution in [0.4, 0.5) is 0 Å². The van der Waals surface area contributed by atoms with Crippen molar-refractivity contribution in [3.63, 3.8) is 0 Å². The first-order chi connectivity index (χ1) is 13.6. The maximum Gasteiger partial charge on any atom is 0.254 e. The van der Waals surface area contributed by atoms with Crippen LogP contribution in [0.15, 0.2) is 48.5 Å². The Morgan fingerprint density at radius 3 is 2.61 bits per heavy atom. The number of piperazine rings is 1. The molecule has 1 aliphatic heterocycles. The minimum Gasteiger partial charge on any atom is -0.339 e. The normalized spacial score (nSPS) is 13.6. The van der Waals surface area contributed by atoms with Gasteiger partial charge in [0.25, 0.3) is 5.91 Å². The maximum absolute atomic E-state index is 13.1. The van der Waals surface area contributed by atoms with Crippen molar-refractivity contribution in [2.75, 3.05) is 32.7 Å². The molecule has 1 saturated heterocycles. The van der Waals surface area contributed by atoms with Crippen LogP contribution >= 0.6 is 11.6 Å². The molecule has 28 heavy (non-hydrogen) atoms. The van der Waals surface area contributed by atoms with Gasteiger partial charge < -0.3 is 15.1 Å². The minimum absolute atomic E-state index is 0.0257. The highest BCUT2D eigenvalue weighted by atomic mass is 35.5. The van der Waals surface area contributed by atoms with Crippen LogP contribution in [0.2, 0.25) is 5.02 Å². The number of nitrogens with one attached hydrogen (secondary N) is 1. The van der Waals surface area contributed by atoms with E-state index in [1.54, 1.807) is 41.3 Å². The van der Waals surface area contributed by atoms with Crippen molar-refractivity contribution < 1.29 is 9.59 Å². The van der Waals surface area contributed by atoms with Gasteiger partial charge in [-0.2, -0.15) is 5.26 Å². The lowest BCUT2D eigenvalue weighted by molar-refractivity contribution is -0.132. The second-order valence-electron chi connectivity index (χ2n) is 6.61. The molecule has 2 amide bonds. The molecule has 0 radical (unpaired) electrons. The van der Waals surface area contributed by atoms with Crippen molar-refractivity contribution >= 4 is 23.4 Å². The molecular weight excluding hydrogens is 376 g/mol. The van der Waals surface area contributed by atoms with E-state index in [-0.39, 0.29) is 24.9 Å². The lowest BCUT2D eigenvalue weighted by Gasteiger charge is -2.30. The second kappa shape index (κ2) is 9.36. The Bertz CT molecular complexity index is 903. The predicted molar refractivity (Wildman–Crippen MR) is 107 cm³/mol. The minimum atomic E-state index is -0.291. The Morgan fingerprint density at radius 2 is 1.89 bits per heavy atom. The summed E-state index contributed by atoms with van der Waals surface area (Å²) in [7, 11) is 0. The molecule has 0 aliphatic carbocycles. The Balaban J connectivity index is 1.83. The van der Waals surface area contributed by atoms with E-state index in [1.807, 2.05) is 18.2 Å². The molecule has 3 rings (SSSR count). The van der Waals surface area contributed by atoms with E-state index in [4.69, 9.17) is 16.9 Å². The van der Waals surface area contributed by atoms with Crippen molar-refractivity contribution in [1.29, 1.82) is 5.26 Å². The first-order valence-corrected chi connectivity index (χ1v) is 9.47. The summed E-state index contributed by atoms with van der Waals surface area (Å²) in [6, 6.07) is 15.8. The number of carbonyl (C=O) groups is 2. The Labute approximate surface area is 169 Å². The van der Waals surface area contributed by atoms with E-state index >= 15 is 0 Å². The third-order valence-electron chi connectivity index (χ3n) is 4.58. The van der Waals surface area contributed by atoms with Crippen molar-refractivity contribution in [3.05, 3.63) is 70.2 Å². The third-order valence-corrected chi connectivity index (χ3v) is 4.82. The summed E-state index contributed by atoms with van der Waals surface area (Å²) in [4.78, 5) is 29.1. The highest BCUT2D eigenvalue weighted by Crippen LogP contribution is 2.16. The first kappa shape index (κ1) is 19.9. The Hall–Kier alpha value is -2.88. The SMILES string of the molecule is N#Cc1cccc(C(=O)N(CC(=O)N2CCNCC2)Cc2cccc(Cl)c2)c1. The van der Waals surface area contributed by atoms with E-state index in [9.17, 15) is 9.59 Å². The average molecular weight is 397 g/mol. The van der Waals surface area contributed by atoms with Crippen molar-refractivity contribution in [2.24, 2.45) is 0 Å². The van der Waals surface area contributed by atoms with E-state index in [0.717, 1.165) is 18.7 Å². The van der Waals surface area contributed by atoms with E-state index in [1.165, 1.54) is 4.90 Å². The smallest absolute Gasteiger partial charge is 0.254 e. The summed E-state index contributed by atoms with van der Waals surface area (Å²) < 4.78 is 0. The molecule has 7 heteroatoms. The van der Waals surface area contributed by atoms with E-state index in [0.29, 0.717) is 29.2 Å². The zero-order chi connectivity index (χ0) is 19.9. The Kier molecular flexibility index (Phi) is 6.64. The molecule has 0 aromatic heterocycles. The van der Waals surface area contributed by atoms with Crippen LogP contribution in [0.3, 0.4) is 0 Å². The van der Waals surface area contributed by atoms with Gasteiger partial charge in [-0.3, -0.25) is 9.59 Å². The van der Waals surface area contributed by atoms with Crippen LogP contribution in [-0.4, -0.2) is 54.3 Å². The zero-order valence-corrected chi connectivity index (χ0v) is 16.2. The van der Waals surface area contributed by atoms with Gasteiger partial charge in [0, 0.05) is 43.3 Å². The number of rotatable bonds is 5. The van der Waals surface area contributed by atoms with E-state index in [2.05, 4.69) is 5.32 Å². The standard InChI is InChI=1S/C21H21ClN4O2/c22-19-6-2-4-17(12-19)14-26(15-20(27)25-9-7-24-8-10-25)21(28)18-5-1-3-16(11-18)13-23/h1-6,11-12,24H,7-10,14-15H2. The molecule has 1 fully saturated rings. The lowest BCUT2D eigenvalue weighted by Crippen LogP contribution is -2.50. The van der Waals surface area contributed by atoms with Crippen molar-refractivity contribution in [1.82, 2.24) is 15.1 Å². The number of halogens is 1. The molecule has 0 spiro atoms. The van der Waals surface area contributed by atoms with Crippen molar-refractivity contribution in [3.8, 4) is 6.07 Å². The average Bonchev–Trinajstić information content (AvgIpc) is 2.73. The van der Waals surface area contributed by atoms with Gasteiger partial charge in [0.2, 0.25) is 5.91 Å². The zero-order valence-electron chi connectivity index (χ0n) is 15.4. The molecule has 1 aliphatic rings. The van der Waals surface area contributed by atoms with Gasteiger partial charge in [-0.25, -0.2) is 0 Å². The van der Waals surface area contributed by atoms with Crippen LogP contribution in [0.1, 0.15) is 21.5 Å². The van der Waals surface area contributed by atoms with Gasteiger partial charge in [0.05, 0.1) is 11.6 Å². The summed E-state index contributed by atoms with van der Waals surface area (Å²) >= 11 is 6.07. The summed E-state index contributed by atoms with van der Waals surface area (Å²) in [5.41, 5.74) is 1.63. The van der Waals surface area contributed by atoms with Crippen LogP contribution in [0, 0.1) is 11.3 Å². The number of carbonyl (C=O) groups excluding carboxylic acids is 2. The van der Waals surface area contributed by atoms with Crippen molar-refractivity contribution in [2.45, 2.75) is 6.54 Å². The fraction of sp³-hybridized carbons (Fsp3) is 0.286. The molecule has 1 N–H and O–H groups in total. The highest BCUT2D eigenvalue weighted by molar-refractivity contribution is 6.30. The number of nitriles is 1. The molecule has 0 bridgehead atoms. The molecule has 0 atom stereocenters.